The molecular formula is C13H21N3O3. The van der Waals surface area contributed by atoms with Crippen LogP contribution in [-0.2, 0) is 4.79 Å². The summed E-state index contributed by atoms with van der Waals surface area (Å²) in [5.41, 5.74) is 0.825. The molecule has 0 aliphatic rings. The predicted molar refractivity (Wildman–Crippen MR) is 72.7 cm³/mol. The minimum absolute atomic E-state index is 0.145. The first kappa shape index (κ1) is 15.2. The van der Waals surface area contributed by atoms with Gasteiger partial charge < -0.3 is 14.7 Å². The first-order valence-electron chi connectivity index (χ1n) is 6.32. The molecule has 0 bridgehead atoms. The van der Waals surface area contributed by atoms with Crippen LogP contribution < -0.4 is 9.64 Å². The smallest absolute Gasteiger partial charge is 0.303 e. The lowest BCUT2D eigenvalue weighted by Crippen LogP contribution is -2.33. The third kappa shape index (κ3) is 4.73. The number of aliphatic carboxylic acids is 1. The maximum Gasteiger partial charge on any atom is 0.303 e. The second-order valence-corrected chi connectivity index (χ2v) is 4.64. The summed E-state index contributed by atoms with van der Waals surface area (Å²) in [6.07, 6.45) is 0.708. The maximum atomic E-state index is 10.6. The van der Waals surface area contributed by atoms with E-state index in [-0.39, 0.29) is 12.5 Å². The highest BCUT2D eigenvalue weighted by Gasteiger charge is 2.15. The number of methoxy groups -OCH3 is 1. The van der Waals surface area contributed by atoms with Crippen molar-refractivity contribution in [3.8, 4) is 5.88 Å². The molecular weight excluding hydrogens is 246 g/mol. The molecule has 1 rings (SSSR count). The van der Waals surface area contributed by atoms with Crippen LogP contribution in [0.25, 0.3) is 0 Å². The molecule has 1 N–H and O–H groups in total. The molecule has 106 valence electrons. The van der Waals surface area contributed by atoms with Crippen LogP contribution in [0.15, 0.2) is 6.07 Å². The van der Waals surface area contributed by atoms with E-state index in [1.807, 2.05) is 25.7 Å². The highest BCUT2D eigenvalue weighted by Crippen LogP contribution is 2.17. The number of rotatable bonds is 7. The van der Waals surface area contributed by atoms with Crippen molar-refractivity contribution in [3.05, 3.63) is 11.8 Å². The van der Waals surface area contributed by atoms with Crippen molar-refractivity contribution >= 4 is 11.9 Å². The van der Waals surface area contributed by atoms with Crippen LogP contribution >= 0.6 is 0 Å². The van der Waals surface area contributed by atoms with Crippen molar-refractivity contribution in [1.29, 1.82) is 0 Å². The average molecular weight is 267 g/mol. The second kappa shape index (κ2) is 6.92. The number of aromatic nitrogens is 2. The standard InChI is InChI=1S/C13H21N3O3/c1-9(2)16(7-5-6-12(17)18)13-14-10(3)8-11(15-13)19-4/h8-9H,5-7H2,1-4H3,(H,17,18). The monoisotopic (exact) mass is 267 g/mol. The Bertz CT molecular complexity index is 435. The number of carboxylic acids is 1. The number of carboxylic acid groups (broad SMARTS) is 1. The molecule has 0 aliphatic carbocycles. The molecule has 0 atom stereocenters. The average Bonchev–Trinajstić information content (AvgIpc) is 2.32. The maximum absolute atomic E-state index is 10.6. The number of carbonyl (C=O) groups is 1. The molecule has 0 spiro atoms. The van der Waals surface area contributed by atoms with Crippen LogP contribution in [0.5, 0.6) is 5.88 Å². The molecule has 0 saturated carbocycles. The Morgan fingerprint density at radius 1 is 1.47 bits per heavy atom. The summed E-state index contributed by atoms with van der Waals surface area (Å²) in [4.78, 5) is 21.3. The Morgan fingerprint density at radius 3 is 2.68 bits per heavy atom. The van der Waals surface area contributed by atoms with Crippen LogP contribution in [0, 0.1) is 6.92 Å². The van der Waals surface area contributed by atoms with Gasteiger partial charge in [0.05, 0.1) is 7.11 Å². The van der Waals surface area contributed by atoms with Gasteiger partial charge in [0.2, 0.25) is 11.8 Å². The highest BCUT2D eigenvalue weighted by atomic mass is 16.5. The lowest BCUT2D eigenvalue weighted by Gasteiger charge is -2.26. The third-order valence-corrected chi connectivity index (χ3v) is 2.70. The van der Waals surface area contributed by atoms with Crippen LogP contribution in [0.4, 0.5) is 5.95 Å². The van der Waals surface area contributed by atoms with E-state index in [4.69, 9.17) is 9.84 Å². The molecule has 6 nitrogen and oxygen atoms in total. The summed E-state index contributed by atoms with van der Waals surface area (Å²) in [6.45, 7) is 6.54. The summed E-state index contributed by atoms with van der Waals surface area (Å²) in [6, 6.07) is 1.96. The zero-order valence-electron chi connectivity index (χ0n) is 11.9. The lowest BCUT2D eigenvalue weighted by atomic mass is 10.2. The van der Waals surface area contributed by atoms with Crippen LogP contribution in [0.1, 0.15) is 32.4 Å². The lowest BCUT2D eigenvalue weighted by molar-refractivity contribution is -0.137. The van der Waals surface area contributed by atoms with E-state index in [9.17, 15) is 4.79 Å². The van der Waals surface area contributed by atoms with E-state index < -0.39 is 5.97 Å². The molecule has 0 saturated heterocycles. The van der Waals surface area contributed by atoms with Gasteiger partial charge in [-0.15, -0.1) is 0 Å². The Morgan fingerprint density at radius 2 is 2.16 bits per heavy atom. The number of hydrogen-bond acceptors (Lipinski definition) is 5. The minimum atomic E-state index is -0.786. The van der Waals surface area contributed by atoms with Crippen molar-refractivity contribution in [2.75, 3.05) is 18.6 Å². The summed E-state index contributed by atoms with van der Waals surface area (Å²) in [7, 11) is 1.57. The van der Waals surface area contributed by atoms with Crippen LogP contribution in [-0.4, -0.2) is 40.7 Å². The number of hydrogen-bond donors (Lipinski definition) is 1. The SMILES string of the molecule is COc1cc(C)nc(N(CCCC(=O)O)C(C)C)n1. The normalized spacial score (nSPS) is 10.6. The fraction of sp³-hybridized carbons (Fsp3) is 0.615. The van der Waals surface area contributed by atoms with E-state index in [0.29, 0.717) is 24.8 Å². The topological polar surface area (TPSA) is 75.5 Å². The predicted octanol–water partition coefficient (Wildman–Crippen LogP) is 1.87. The van der Waals surface area contributed by atoms with Gasteiger partial charge in [0.25, 0.3) is 0 Å². The van der Waals surface area contributed by atoms with E-state index in [2.05, 4.69) is 9.97 Å². The number of anilines is 1. The summed E-state index contributed by atoms with van der Waals surface area (Å²) in [5.74, 6) is 0.315. The largest absolute Gasteiger partial charge is 0.481 e. The fourth-order valence-electron chi connectivity index (χ4n) is 1.75. The molecule has 0 unspecified atom stereocenters. The molecule has 0 radical (unpaired) electrons. The van der Waals surface area contributed by atoms with Gasteiger partial charge in [0, 0.05) is 30.8 Å². The Balaban J connectivity index is 2.86. The van der Waals surface area contributed by atoms with Crippen molar-refractivity contribution < 1.29 is 14.6 Å². The quantitative estimate of drug-likeness (QED) is 0.813. The van der Waals surface area contributed by atoms with E-state index in [0.717, 1.165) is 5.69 Å². The van der Waals surface area contributed by atoms with E-state index in [1.54, 1.807) is 13.2 Å². The van der Waals surface area contributed by atoms with Gasteiger partial charge in [-0.1, -0.05) is 0 Å². The van der Waals surface area contributed by atoms with Crippen molar-refractivity contribution in [2.45, 2.75) is 39.7 Å². The van der Waals surface area contributed by atoms with E-state index in [1.165, 1.54) is 0 Å². The van der Waals surface area contributed by atoms with Gasteiger partial charge >= 0.3 is 5.97 Å². The zero-order valence-corrected chi connectivity index (χ0v) is 11.9. The van der Waals surface area contributed by atoms with Gasteiger partial charge in [-0.05, 0) is 27.2 Å². The third-order valence-electron chi connectivity index (χ3n) is 2.70. The molecule has 1 heterocycles. The summed E-state index contributed by atoms with van der Waals surface area (Å²) in [5, 5.41) is 8.69. The molecule has 0 amide bonds. The highest BCUT2D eigenvalue weighted by molar-refractivity contribution is 5.66. The second-order valence-electron chi connectivity index (χ2n) is 4.64. The van der Waals surface area contributed by atoms with Crippen LogP contribution in [0.2, 0.25) is 0 Å². The first-order valence-corrected chi connectivity index (χ1v) is 6.32. The van der Waals surface area contributed by atoms with Crippen molar-refractivity contribution in [3.63, 3.8) is 0 Å². The van der Waals surface area contributed by atoms with E-state index >= 15 is 0 Å². The molecule has 1 aromatic heterocycles. The Kier molecular flexibility index (Phi) is 5.54. The Labute approximate surface area is 113 Å². The van der Waals surface area contributed by atoms with Crippen molar-refractivity contribution in [1.82, 2.24) is 9.97 Å². The number of aryl methyl sites for hydroxylation is 1. The molecule has 1 aromatic rings. The number of nitrogens with zero attached hydrogens (tertiary/aromatic N) is 3. The van der Waals surface area contributed by atoms with Gasteiger partial charge in [-0.25, -0.2) is 4.98 Å². The number of ether oxygens (including phenoxy) is 1. The molecule has 19 heavy (non-hydrogen) atoms. The minimum Gasteiger partial charge on any atom is -0.481 e. The van der Waals surface area contributed by atoms with Gasteiger partial charge in [-0.2, -0.15) is 4.98 Å². The van der Waals surface area contributed by atoms with Crippen LogP contribution in [0.3, 0.4) is 0 Å². The van der Waals surface area contributed by atoms with Gasteiger partial charge in [0.1, 0.15) is 0 Å². The van der Waals surface area contributed by atoms with Crippen molar-refractivity contribution in [2.24, 2.45) is 0 Å². The molecule has 0 aromatic carbocycles. The fourth-order valence-corrected chi connectivity index (χ4v) is 1.75. The first-order chi connectivity index (χ1) is 8.93. The zero-order chi connectivity index (χ0) is 14.4. The molecule has 0 fully saturated rings. The Hall–Kier alpha value is -1.85. The summed E-state index contributed by atoms with van der Waals surface area (Å²) >= 11 is 0. The van der Waals surface area contributed by atoms with Gasteiger partial charge in [-0.3, -0.25) is 4.79 Å². The summed E-state index contributed by atoms with van der Waals surface area (Å²) < 4.78 is 5.14. The van der Waals surface area contributed by atoms with Gasteiger partial charge in [0.15, 0.2) is 0 Å². The molecule has 0 aliphatic heterocycles. The molecule has 6 heteroatoms.